The lowest BCUT2D eigenvalue weighted by atomic mass is 9.55. The number of unbranched alkanes of at least 4 members (excludes halogenated alkanes) is 2. The van der Waals surface area contributed by atoms with Crippen LogP contribution in [0.3, 0.4) is 0 Å². The number of benzene rings is 4. The number of hydrogen-bond donors (Lipinski definition) is 3. The molecule has 2 aliphatic carbocycles. The molecular formula is C51H59ClN4O11. The summed E-state index contributed by atoms with van der Waals surface area (Å²) in [5.41, 5.74) is 3.56. The van der Waals surface area contributed by atoms with Crippen molar-refractivity contribution in [3.8, 4) is 11.5 Å². The highest BCUT2D eigenvalue weighted by atomic mass is 35.5. The SMILES string of the molecule is C=CCOC12Oc3ccc(OC(=O)NCC)cc3C3C(CCCCO)C(CCCCO)C=C(C(=NOCc4ccc([N+](=O)[O-])cc4)CC1N(Cc1cccc4ccccc14)C(=O)OCCCl)C32. The molecule has 6 atom stereocenters. The Morgan fingerprint density at radius 3 is 2.52 bits per heavy atom. The molecule has 15 nitrogen and oxygen atoms in total. The largest absolute Gasteiger partial charge is 0.459 e. The third kappa shape index (κ3) is 11.1. The highest BCUT2D eigenvalue weighted by Crippen LogP contribution is 2.62. The van der Waals surface area contributed by atoms with Crippen LogP contribution in [-0.2, 0) is 27.5 Å². The average Bonchev–Trinajstić information content (AvgIpc) is 3.33. The minimum absolute atomic E-state index is 0.00725. The van der Waals surface area contributed by atoms with Gasteiger partial charge in [0.05, 0.1) is 35.6 Å². The Balaban J connectivity index is 1.46. The van der Waals surface area contributed by atoms with Crippen LogP contribution < -0.4 is 14.8 Å². The van der Waals surface area contributed by atoms with E-state index in [-0.39, 0.29) is 69.4 Å². The normalized spacial score (nSPS) is 22.1. The monoisotopic (exact) mass is 938 g/mol. The minimum atomic E-state index is -1.60. The van der Waals surface area contributed by atoms with Crippen LogP contribution in [0.25, 0.3) is 10.8 Å². The van der Waals surface area contributed by atoms with E-state index in [1.54, 1.807) is 42.2 Å². The summed E-state index contributed by atoms with van der Waals surface area (Å²) in [4.78, 5) is 46.4. The van der Waals surface area contributed by atoms with E-state index in [0.29, 0.717) is 55.0 Å². The van der Waals surface area contributed by atoms with E-state index in [9.17, 15) is 29.9 Å². The van der Waals surface area contributed by atoms with Crippen molar-refractivity contribution in [3.05, 3.63) is 136 Å². The lowest BCUT2D eigenvalue weighted by Crippen LogP contribution is -2.70. The summed E-state index contributed by atoms with van der Waals surface area (Å²) >= 11 is 6.15. The van der Waals surface area contributed by atoms with Crippen LogP contribution in [0.15, 0.2) is 114 Å². The Labute approximate surface area is 395 Å². The number of halogens is 1. The van der Waals surface area contributed by atoms with Gasteiger partial charge < -0.3 is 39.3 Å². The van der Waals surface area contributed by atoms with Crippen molar-refractivity contribution in [1.29, 1.82) is 0 Å². The van der Waals surface area contributed by atoms with Crippen LogP contribution >= 0.6 is 11.6 Å². The van der Waals surface area contributed by atoms with Crippen LogP contribution in [0.5, 0.6) is 11.5 Å². The number of nitrogens with zero attached hydrogens (tertiary/aromatic N) is 3. The topological polar surface area (TPSA) is 192 Å². The number of allylic oxidation sites excluding steroid dienone is 1. The number of hydrogen-bond acceptors (Lipinski definition) is 12. The van der Waals surface area contributed by atoms with E-state index in [0.717, 1.165) is 40.3 Å². The molecule has 4 aromatic rings. The number of nitro groups is 1. The lowest BCUT2D eigenvalue weighted by Gasteiger charge is -2.59. The minimum Gasteiger partial charge on any atom is -0.459 e. The fourth-order valence-corrected chi connectivity index (χ4v) is 10.1. The van der Waals surface area contributed by atoms with Gasteiger partial charge in [-0.05, 0) is 102 Å². The van der Waals surface area contributed by atoms with Gasteiger partial charge in [-0.15, -0.1) is 18.2 Å². The molecule has 7 rings (SSSR count). The smallest absolute Gasteiger partial charge is 0.412 e. The first-order valence-electron chi connectivity index (χ1n) is 23.0. The molecular weight excluding hydrogens is 880 g/mol. The molecule has 6 unspecified atom stereocenters. The number of rotatable bonds is 22. The van der Waals surface area contributed by atoms with Crippen molar-refractivity contribution in [1.82, 2.24) is 10.2 Å². The number of oxime groups is 1. The summed E-state index contributed by atoms with van der Waals surface area (Å²) in [6.45, 7) is 6.31. The van der Waals surface area contributed by atoms with Crippen molar-refractivity contribution < 1.29 is 48.5 Å². The third-order valence-electron chi connectivity index (χ3n) is 12.9. The molecule has 0 bridgehead atoms. The van der Waals surface area contributed by atoms with Crippen LogP contribution in [-0.4, -0.2) is 88.6 Å². The van der Waals surface area contributed by atoms with Crippen LogP contribution in [0, 0.1) is 27.9 Å². The van der Waals surface area contributed by atoms with Gasteiger partial charge in [0.15, 0.2) is 0 Å². The quantitative estimate of drug-likeness (QED) is 0.0224. The van der Waals surface area contributed by atoms with Crippen LogP contribution in [0.4, 0.5) is 15.3 Å². The summed E-state index contributed by atoms with van der Waals surface area (Å²) in [5, 5.41) is 40.9. The summed E-state index contributed by atoms with van der Waals surface area (Å²) in [5.74, 6) is -1.96. The van der Waals surface area contributed by atoms with Gasteiger partial charge in [0, 0.05) is 49.8 Å². The van der Waals surface area contributed by atoms with E-state index < -0.39 is 40.8 Å². The van der Waals surface area contributed by atoms with Crippen LogP contribution in [0.2, 0.25) is 0 Å². The number of amides is 2. The summed E-state index contributed by atoms with van der Waals surface area (Å²) in [6, 6.07) is 24.3. The van der Waals surface area contributed by atoms with Gasteiger partial charge in [-0.25, -0.2) is 9.59 Å². The Bertz CT molecular complexity index is 2420. The Morgan fingerprint density at radius 2 is 1.79 bits per heavy atom. The fourth-order valence-electron chi connectivity index (χ4n) is 10.0. The molecule has 1 aliphatic heterocycles. The van der Waals surface area contributed by atoms with E-state index >= 15 is 0 Å². The zero-order valence-corrected chi connectivity index (χ0v) is 38.5. The number of aliphatic hydroxyl groups is 2. The molecule has 3 aliphatic rings. The number of nitro benzene ring substituents is 1. The molecule has 2 amide bonds. The maximum atomic E-state index is 14.8. The highest BCUT2D eigenvalue weighted by molar-refractivity contribution is 6.18. The molecule has 3 N–H and O–H groups in total. The second-order valence-electron chi connectivity index (χ2n) is 17.0. The van der Waals surface area contributed by atoms with E-state index in [1.807, 2.05) is 48.5 Å². The van der Waals surface area contributed by atoms with Crippen molar-refractivity contribution in [2.45, 2.75) is 82.8 Å². The Kier molecular flexibility index (Phi) is 16.9. The van der Waals surface area contributed by atoms with Crippen molar-refractivity contribution >= 4 is 46.0 Å². The van der Waals surface area contributed by atoms with E-state index in [2.05, 4.69) is 18.0 Å². The molecule has 0 aromatic heterocycles. The molecule has 16 heteroatoms. The average molecular weight is 940 g/mol. The second-order valence-corrected chi connectivity index (χ2v) is 17.3. The summed E-state index contributed by atoms with van der Waals surface area (Å²) in [7, 11) is 0. The lowest BCUT2D eigenvalue weighted by molar-refractivity contribution is -0.384. The molecule has 1 heterocycles. The second kappa shape index (κ2) is 23.1. The summed E-state index contributed by atoms with van der Waals surface area (Å²) in [6.07, 6.45) is 6.73. The van der Waals surface area contributed by atoms with Gasteiger partial charge in [-0.3, -0.25) is 15.0 Å². The molecule has 0 spiro atoms. The van der Waals surface area contributed by atoms with E-state index in [4.69, 9.17) is 40.5 Å². The molecule has 4 aromatic carbocycles. The van der Waals surface area contributed by atoms with Gasteiger partial charge in [0.2, 0.25) is 5.79 Å². The Morgan fingerprint density at radius 1 is 1.03 bits per heavy atom. The van der Waals surface area contributed by atoms with Gasteiger partial charge in [-0.1, -0.05) is 72.6 Å². The first kappa shape index (κ1) is 48.9. The van der Waals surface area contributed by atoms with Crippen LogP contribution in [0.1, 0.15) is 74.5 Å². The number of carbonyl (C=O) groups excluding carboxylic acids is 2. The molecule has 1 fully saturated rings. The molecule has 1 saturated carbocycles. The maximum Gasteiger partial charge on any atom is 0.412 e. The third-order valence-corrected chi connectivity index (χ3v) is 13.0. The zero-order chi connectivity index (χ0) is 47.3. The molecule has 356 valence electrons. The van der Waals surface area contributed by atoms with Gasteiger partial charge in [0.25, 0.3) is 5.69 Å². The fraction of sp³-hybridized carbons (Fsp3) is 0.431. The standard InChI is InChI=1S/C51H59ClN4O11/c1-3-27-64-51-46(55(50(60)63-28-24-52)32-37-15-11-14-35-12-5-6-16-40(35)37)31-44(54-65-33-34-18-20-38(21-19-34)56(61)62)42-29-36(13-7-9-25-57)41(17-8-10-26-58)47(48(42)51)43-30-39(22-23-45(43)67-51)66-49(59)53-4-2/h3,5-6,11-12,14-16,18-23,29-30,36,41,46-48,57-58H,1,4,7-10,13,17,24-28,31-33H2,2H3,(H,53,59). The number of non-ortho nitro benzene ring substituents is 1. The van der Waals surface area contributed by atoms with E-state index in [1.165, 1.54) is 12.1 Å². The number of fused-ring (bicyclic) bond motifs is 3. The Hall–Kier alpha value is -6.00. The number of carbonyl (C=O) groups is 2. The molecule has 67 heavy (non-hydrogen) atoms. The predicted molar refractivity (Wildman–Crippen MR) is 254 cm³/mol. The summed E-state index contributed by atoms with van der Waals surface area (Å²) < 4.78 is 26.1. The van der Waals surface area contributed by atoms with Crippen molar-refractivity contribution in [3.63, 3.8) is 0 Å². The van der Waals surface area contributed by atoms with Crippen molar-refractivity contribution in [2.24, 2.45) is 22.9 Å². The molecule has 0 radical (unpaired) electrons. The highest BCUT2D eigenvalue weighted by Gasteiger charge is 2.65. The van der Waals surface area contributed by atoms with Gasteiger partial charge >= 0.3 is 12.2 Å². The zero-order valence-electron chi connectivity index (χ0n) is 37.7. The predicted octanol–water partition coefficient (Wildman–Crippen LogP) is 9.57. The first-order chi connectivity index (χ1) is 32.7. The number of aliphatic hydroxyl groups excluding tert-OH is 2. The van der Waals surface area contributed by atoms with Gasteiger partial charge in [0.1, 0.15) is 30.8 Å². The van der Waals surface area contributed by atoms with Crippen molar-refractivity contribution in [2.75, 3.05) is 38.9 Å². The maximum absolute atomic E-state index is 14.8. The molecule has 0 saturated heterocycles. The number of alkyl halides is 1. The van der Waals surface area contributed by atoms with Gasteiger partial charge in [-0.2, -0.15) is 0 Å². The number of ether oxygens (including phenoxy) is 4. The first-order valence-corrected chi connectivity index (χ1v) is 23.5. The number of nitrogens with one attached hydrogen (secondary N) is 1.